The van der Waals surface area contributed by atoms with E-state index in [9.17, 15) is 9.59 Å². The van der Waals surface area contributed by atoms with Crippen molar-refractivity contribution >= 4 is 23.3 Å². The van der Waals surface area contributed by atoms with Crippen molar-refractivity contribution in [3.8, 4) is 17.2 Å². The Morgan fingerprint density at radius 2 is 1.64 bits per heavy atom. The zero-order valence-corrected chi connectivity index (χ0v) is 26.4. The number of ether oxygens (including phenoxy) is 3. The summed E-state index contributed by atoms with van der Waals surface area (Å²) < 4.78 is 17.8. The number of unbranched alkanes of at least 4 members (excludes halogenated alkanes) is 1. The maximum absolute atomic E-state index is 13.1. The number of aryl methyl sites for hydroxylation is 1. The molecule has 0 bridgehead atoms. The molecule has 0 aromatic heterocycles. The highest BCUT2D eigenvalue weighted by atomic mass is 16.5. The van der Waals surface area contributed by atoms with Crippen molar-refractivity contribution in [2.24, 2.45) is 0 Å². The highest BCUT2D eigenvalue weighted by molar-refractivity contribution is 6.04. The first-order valence-electron chi connectivity index (χ1n) is 15.2. The number of methoxy groups -OCH3 is 1. The van der Waals surface area contributed by atoms with Crippen LogP contribution >= 0.6 is 0 Å². The number of nitrogens with one attached hydrogen (secondary N) is 3. The van der Waals surface area contributed by atoms with Gasteiger partial charge in [0, 0.05) is 56.8 Å². The number of hydrazine groups is 1. The number of hydrogen-bond donors (Lipinski definition) is 3. The van der Waals surface area contributed by atoms with Gasteiger partial charge in [0.15, 0.2) is 0 Å². The molecule has 1 heterocycles. The second-order valence-corrected chi connectivity index (χ2v) is 11.3. The van der Waals surface area contributed by atoms with Gasteiger partial charge in [-0.1, -0.05) is 13.3 Å². The molecule has 3 N–H and O–H groups in total. The molecule has 0 unspecified atom stereocenters. The Bertz CT molecular complexity index is 1390. The van der Waals surface area contributed by atoms with E-state index in [2.05, 4.69) is 27.9 Å². The third-order valence-corrected chi connectivity index (χ3v) is 7.38. The molecule has 4 rings (SSSR count). The third-order valence-electron chi connectivity index (χ3n) is 7.38. The standard InChI is InChI=1S/C34H45N5O5/c1-6-7-18-39-19-16-30(17-20-39)43-31-14-8-25(21-24(31)2)33(40)35-28-11-15-32(26(22-28)23-42-5)44-29-12-9-27(10-13-29)36-34(41)37-38(3)4/h8-15,21-22,30H,6-7,16-20,23H2,1-5H3,(H,35,40)(H2,36,37,41). The molecule has 0 atom stereocenters. The van der Waals surface area contributed by atoms with Gasteiger partial charge in [0.25, 0.3) is 5.91 Å². The minimum atomic E-state index is -0.336. The van der Waals surface area contributed by atoms with Gasteiger partial charge in [0.2, 0.25) is 0 Å². The molecule has 0 radical (unpaired) electrons. The number of rotatable bonds is 13. The quantitative estimate of drug-likeness (QED) is 0.194. The normalized spacial score (nSPS) is 13.9. The van der Waals surface area contributed by atoms with Crippen molar-refractivity contribution in [3.63, 3.8) is 0 Å². The summed E-state index contributed by atoms with van der Waals surface area (Å²) in [6.45, 7) is 7.81. The fourth-order valence-electron chi connectivity index (χ4n) is 5.06. The van der Waals surface area contributed by atoms with E-state index >= 15 is 0 Å². The molecule has 0 saturated carbocycles. The minimum absolute atomic E-state index is 0.204. The Kier molecular flexibility index (Phi) is 12.0. The number of benzene rings is 3. The van der Waals surface area contributed by atoms with Crippen LogP contribution in [0.4, 0.5) is 16.2 Å². The average Bonchev–Trinajstić information content (AvgIpc) is 2.99. The molecule has 1 fully saturated rings. The summed E-state index contributed by atoms with van der Waals surface area (Å²) in [7, 11) is 5.08. The lowest BCUT2D eigenvalue weighted by Crippen LogP contribution is -2.39. The van der Waals surface area contributed by atoms with Gasteiger partial charge in [-0.15, -0.1) is 0 Å². The van der Waals surface area contributed by atoms with Crippen LogP contribution in [-0.4, -0.2) is 68.8 Å². The van der Waals surface area contributed by atoms with Gasteiger partial charge in [-0.05, 0) is 99.0 Å². The largest absolute Gasteiger partial charge is 0.490 e. The Hall–Kier alpha value is -4.12. The van der Waals surface area contributed by atoms with Crippen molar-refractivity contribution in [2.75, 3.05) is 51.5 Å². The van der Waals surface area contributed by atoms with Crippen LogP contribution in [0, 0.1) is 6.92 Å². The van der Waals surface area contributed by atoms with Crippen molar-refractivity contribution < 1.29 is 23.8 Å². The lowest BCUT2D eigenvalue weighted by Gasteiger charge is -2.32. The zero-order valence-electron chi connectivity index (χ0n) is 26.4. The van der Waals surface area contributed by atoms with Crippen LogP contribution in [0.5, 0.6) is 17.2 Å². The number of urea groups is 1. The van der Waals surface area contributed by atoms with Gasteiger partial charge in [-0.3, -0.25) is 10.2 Å². The Morgan fingerprint density at radius 1 is 0.932 bits per heavy atom. The maximum atomic E-state index is 13.1. The van der Waals surface area contributed by atoms with Crippen molar-refractivity contribution in [3.05, 3.63) is 77.4 Å². The smallest absolute Gasteiger partial charge is 0.333 e. The number of piperidine rings is 1. The number of likely N-dealkylation sites (tertiary alicyclic amines) is 1. The first-order valence-corrected chi connectivity index (χ1v) is 15.2. The maximum Gasteiger partial charge on any atom is 0.333 e. The van der Waals surface area contributed by atoms with Gasteiger partial charge < -0.3 is 29.7 Å². The molecule has 1 aliphatic rings. The molecule has 236 valence electrons. The lowest BCUT2D eigenvalue weighted by atomic mass is 10.1. The number of carbonyl (C=O) groups is 2. The Morgan fingerprint density at radius 3 is 2.30 bits per heavy atom. The van der Waals surface area contributed by atoms with Crippen LogP contribution in [0.15, 0.2) is 60.7 Å². The van der Waals surface area contributed by atoms with Crippen LogP contribution in [-0.2, 0) is 11.3 Å². The van der Waals surface area contributed by atoms with E-state index in [0.29, 0.717) is 35.0 Å². The molecule has 3 amide bonds. The Balaban J connectivity index is 1.35. The number of nitrogens with zero attached hydrogens (tertiary/aromatic N) is 2. The molecule has 0 spiro atoms. The number of anilines is 2. The summed E-state index contributed by atoms with van der Waals surface area (Å²) in [5.74, 6) is 1.82. The summed E-state index contributed by atoms with van der Waals surface area (Å²) in [6, 6.07) is 17.7. The number of amides is 3. The summed E-state index contributed by atoms with van der Waals surface area (Å²) in [6.07, 6.45) is 4.71. The topological polar surface area (TPSA) is 104 Å². The molecule has 10 nitrogen and oxygen atoms in total. The molecule has 1 aliphatic heterocycles. The molecule has 3 aromatic carbocycles. The summed E-state index contributed by atoms with van der Waals surface area (Å²) in [5.41, 5.74) is 6.16. The molecule has 10 heteroatoms. The van der Waals surface area contributed by atoms with E-state index in [0.717, 1.165) is 42.8 Å². The number of carbonyl (C=O) groups excluding carboxylic acids is 2. The monoisotopic (exact) mass is 603 g/mol. The van der Waals surface area contributed by atoms with Crippen molar-refractivity contribution in [1.29, 1.82) is 0 Å². The molecule has 3 aromatic rings. The van der Waals surface area contributed by atoms with Crippen LogP contribution in [0.2, 0.25) is 0 Å². The SMILES string of the molecule is CCCCN1CCC(Oc2ccc(C(=O)Nc3ccc(Oc4ccc(NC(=O)NN(C)C)cc4)c(COC)c3)cc2C)CC1. The summed E-state index contributed by atoms with van der Waals surface area (Å²) in [4.78, 5) is 27.6. The lowest BCUT2D eigenvalue weighted by molar-refractivity contribution is 0.0991. The predicted octanol–water partition coefficient (Wildman–Crippen LogP) is 6.43. The summed E-state index contributed by atoms with van der Waals surface area (Å²) >= 11 is 0. The molecular weight excluding hydrogens is 558 g/mol. The van der Waals surface area contributed by atoms with Gasteiger partial charge in [-0.2, -0.15) is 0 Å². The van der Waals surface area contributed by atoms with Gasteiger partial charge in [0.05, 0.1) is 6.61 Å². The van der Waals surface area contributed by atoms with Crippen molar-refractivity contribution in [2.45, 2.75) is 52.2 Å². The first kappa shape index (κ1) is 32.8. The predicted molar refractivity (Wildman–Crippen MR) is 174 cm³/mol. The van der Waals surface area contributed by atoms with Gasteiger partial charge >= 0.3 is 6.03 Å². The van der Waals surface area contributed by atoms with Crippen LogP contribution < -0.4 is 25.5 Å². The Labute approximate surface area is 260 Å². The van der Waals surface area contributed by atoms with Crippen molar-refractivity contribution in [1.82, 2.24) is 15.3 Å². The molecule has 44 heavy (non-hydrogen) atoms. The zero-order chi connectivity index (χ0) is 31.5. The van der Waals surface area contributed by atoms with E-state index in [1.54, 1.807) is 62.6 Å². The third kappa shape index (κ3) is 9.70. The van der Waals surface area contributed by atoms with E-state index < -0.39 is 0 Å². The van der Waals surface area contributed by atoms with Crippen LogP contribution in [0.1, 0.15) is 54.1 Å². The summed E-state index contributed by atoms with van der Waals surface area (Å²) in [5, 5.41) is 7.30. The number of hydrogen-bond acceptors (Lipinski definition) is 7. The van der Waals surface area contributed by atoms with Crippen LogP contribution in [0.25, 0.3) is 0 Å². The fraction of sp³-hybridized carbons (Fsp3) is 0.412. The van der Waals surface area contributed by atoms with Crippen LogP contribution in [0.3, 0.4) is 0 Å². The molecule has 1 saturated heterocycles. The van der Waals surface area contributed by atoms with E-state index in [1.165, 1.54) is 19.4 Å². The van der Waals surface area contributed by atoms with Gasteiger partial charge in [-0.25, -0.2) is 9.80 Å². The van der Waals surface area contributed by atoms with E-state index in [1.807, 2.05) is 31.2 Å². The second-order valence-electron chi connectivity index (χ2n) is 11.3. The highest BCUT2D eigenvalue weighted by Gasteiger charge is 2.21. The fourth-order valence-corrected chi connectivity index (χ4v) is 5.06. The molecule has 0 aliphatic carbocycles. The average molecular weight is 604 g/mol. The first-order chi connectivity index (χ1) is 21.2. The molecular formula is C34H45N5O5. The highest BCUT2D eigenvalue weighted by Crippen LogP contribution is 2.30. The minimum Gasteiger partial charge on any atom is -0.490 e. The second kappa shape index (κ2) is 16.1. The van der Waals surface area contributed by atoms with E-state index in [-0.39, 0.29) is 18.0 Å². The van der Waals surface area contributed by atoms with E-state index in [4.69, 9.17) is 14.2 Å². The van der Waals surface area contributed by atoms with Gasteiger partial charge in [0.1, 0.15) is 23.4 Å².